The molecule has 4 rings (SSSR count). The molecule has 2 aromatic carbocycles. The molecule has 0 atom stereocenters. The largest absolute Gasteiger partial charge is 0.507 e. The number of phenolic OH excluding ortho intramolecular Hbond substituents is 2. The van der Waals surface area contributed by atoms with Gasteiger partial charge < -0.3 is 25.3 Å². The van der Waals surface area contributed by atoms with Crippen molar-refractivity contribution in [1.82, 2.24) is 15.1 Å². The van der Waals surface area contributed by atoms with Crippen LogP contribution in [0, 0.1) is 5.41 Å². The highest BCUT2D eigenvalue weighted by Crippen LogP contribution is 2.39. The van der Waals surface area contributed by atoms with Crippen LogP contribution >= 0.6 is 0 Å². The summed E-state index contributed by atoms with van der Waals surface area (Å²) in [4.78, 5) is 41.3. The number of carbonyl (C=O) groups excluding carboxylic acids is 3. The summed E-state index contributed by atoms with van der Waals surface area (Å²) in [6.45, 7) is 1.52. The molecule has 8 nitrogen and oxygen atoms in total. The number of hydrogen-bond donors (Lipinski definition) is 3. The molecule has 2 aromatic rings. The van der Waals surface area contributed by atoms with Gasteiger partial charge in [-0.3, -0.25) is 14.4 Å². The van der Waals surface area contributed by atoms with Crippen LogP contribution in [0.15, 0.2) is 48.5 Å². The second-order valence-corrected chi connectivity index (χ2v) is 8.17. The van der Waals surface area contributed by atoms with Crippen molar-refractivity contribution in [2.45, 2.75) is 12.8 Å². The van der Waals surface area contributed by atoms with E-state index in [-0.39, 0.29) is 48.4 Å². The minimum absolute atomic E-state index is 0.0761. The monoisotopic (exact) mass is 423 g/mol. The Hall–Kier alpha value is -3.55. The van der Waals surface area contributed by atoms with Crippen molar-refractivity contribution >= 4 is 17.7 Å². The minimum Gasteiger partial charge on any atom is -0.507 e. The molecule has 0 saturated carbocycles. The van der Waals surface area contributed by atoms with Gasteiger partial charge in [-0.2, -0.15) is 0 Å². The van der Waals surface area contributed by atoms with Crippen molar-refractivity contribution in [2.75, 3.05) is 32.7 Å². The maximum atomic E-state index is 13.6. The standard InChI is InChI=1S/C23H25N3O5/c27-17-7-4-8-18(28)20(17)21(30)26-14-23(15-26,13-16-5-2-1-3-6-16)22(31)25-11-9-19(29)24-10-12-25/h1-8,27-28H,9-15H2,(H,24,29). The normalized spacial score (nSPS) is 18.0. The van der Waals surface area contributed by atoms with E-state index >= 15 is 0 Å². The van der Waals surface area contributed by atoms with E-state index in [1.807, 2.05) is 30.3 Å². The van der Waals surface area contributed by atoms with Gasteiger partial charge in [0.05, 0.1) is 5.41 Å². The topological polar surface area (TPSA) is 110 Å². The molecule has 0 unspecified atom stereocenters. The van der Waals surface area contributed by atoms with Crippen LogP contribution in [0.4, 0.5) is 0 Å². The zero-order valence-electron chi connectivity index (χ0n) is 17.1. The summed E-state index contributed by atoms with van der Waals surface area (Å²) in [6.07, 6.45) is 0.711. The molecule has 2 saturated heterocycles. The van der Waals surface area contributed by atoms with Gasteiger partial charge >= 0.3 is 0 Å². The molecule has 8 heteroatoms. The van der Waals surface area contributed by atoms with E-state index in [4.69, 9.17) is 0 Å². The van der Waals surface area contributed by atoms with E-state index in [0.717, 1.165) is 5.56 Å². The highest BCUT2D eigenvalue weighted by atomic mass is 16.3. The SMILES string of the molecule is O=C1CCN(C(=O)C2(Cc3ccccc3)CN(C(=O)c3c(O)cccc3O)C2)CCN1. The van der Waals surface area contributed by atoms with Crippen LogP contribution in [0.3, 0.4) is 0 Å². The lowest BCUT2D eigenvalue weighted by Gasteiger charge is -2.50. The van der Waals surface area contributed by atoms with E-state index in [0.29, 0.717) is 26.1 Å². The lowest BCUT2D eigenvalue weighted by molar-refractivity contribution is -0.150. The van der Waals surface area contributed by atoms with Gasteiger partial charge in [0.1, 0.15) is 17.1 Å². The number of nitrogens with one attached hydrogen (secondary N) is 1. The maximum Gasteiger partial charge on any atom is 0.261 e. The molecule has 2 fully saturated rings. The number of likely N-dealkylation sites (tertiary alicyclic amines) is 1. The molecule has 3 amide bonds. The number of hydrogen-bond acceptors (Lipinski definition) is 5. The second kappa shape index (κ2) is 8.29. The molecule has 0 radical (unpaired) electrons. The fourth-order valence-corrected chi connectivity index (χ4v) is 4.35. The molecular weight excluding hydrogens is 398 g/mol. The first-order valence-electron chi connectivity index (χ1n) is 10.3. The lowest BCUT2D eigenvalue weighted by Crippen LogP contribution is -2.66. The number of rotatable bonds is 4. The van der Waals surface area contributed by atoms with Crippen LogP contribution in [0.5, 0.6) is 11.5 Å². The Morgan fingerprint density at radius 2 is 1.61 bits per heavy atom. The smallest absolute Gasteiger partial charge is 0.261 e. The molecule has 0 spiro atoms. The zero-order valence-corrected chi connectivity index (χ0v) is 17.1. The molecule has 0 bridgehead atoms. The van der Waals surface area contributed by atoms with Gasteiger partial charge in [0, 0.05) is 39.1 Å². The molecular formula is C23H25N3O5. The van der Waals surface area contributed by atoms with Crippen molar-refractivity contribution in [3.63, 3.8) is 0 Å². The van der Waals surface area contributed by atoms with Crippen molar-refractivity contribution in [2.24, 2.45) is 5.41 Å². The van der Waals surface area contributed by atoms with E-state index in [9.17, 15) is 24.6 Å². The molecule has 2 aliphatic rings. The zero-order chi connectivity index (χ0) is 22.0. The Labute approximate surface area is 180 Å². The molecule has 0 aromatic heterocycles. The van der Waals surface area contributed by atoms with Gasteiger partial charge in [0.15, 0.2) is 0 Å². The maximum absolute atomic E-state index is 13.6. The van der Waals surface area contributed by atoms with Crippen molar-refractivity contribution in [3.05, 3.63) is 59.7 Å². The average Bonchev–Trinajstić information content (AvgIpc) is 2.95. The molecule has 31 heavy (non-hydrogen) atoms. The first-order chi connectivity index (χ1) is 14.9. The Morgan fingerprint density at radius 3 is 2.29 bits per heavy atom. The number of phenols is 2. The Kier molecular flexibility index (Phi) is 5.54. The van der Waals surface area contributed by atoms with E-state index in [2.05, 4.69) is 5.32 Å². The number of amides is 3. The van der Waals surface area contributed by atoms with Gasteiger partial charge in [-0.05, 0) is 24.1 Å². The van der Waals surface area contributed by atoms with Crippen LogP contribution in [0.2, 0.25) is 0 Å². The summed E-state index contributed by atoms with van der Waals surface area (Å²) < 4.78 is 0. The third-order valence-corrected chi connectivity index (χ3v) is 5.95. The first-order valence-corrected chi connectivity index (χ1v) is 10.3. The summed E-state index contributed by atoms with van der Waals surface area (Å²) in [5.41, 5.74) is 0.00921. The third-order valence-electron chi connectivity index (χ3n) is 5.95. The van der Waals surface area contributed by atoms with Gasteiger partial charge in [-0.25, -0.2) is 0 Å². The van der Waals surface area contributed by atoms with Gasteiger partial charge in [0.2, 0.25) is 11.8 Å². The number of nitrogens with zero attached hydrogens (tertiary/aromatic N) is 2. The molecule has 2 heterocycles. The van der Waals surface area contributed by atoms with E-state index < -0.39 is 11.3 Å². The average molecular weight is 423 g/mol. The van der Waals surface area contributed by atoms with Gasteiger partial charge in [0.25, 0.3) is 5.91 Å². The molecule has 3 N–H and O–H groups in total. The first kappa shape index (κ1) is 20.7. The minimum atomic E-state index is -0.815. The van der Waals surface area contributed by atoms with Gasteiger partial charge in [-0.15, -0.1) is 0 Å². The lowest BCUT2D eigenvalue weighted by atomic mass is 9.73. The third kappa shape index (κ3) is 4.05. The quantitative estimate of drug-likeness (QED) is 0.683. The summed E-state index contributed by atoms with van der Waals surface area (Å²) in [5, 5.41) is 22.9. The van der Waals surface area contributed by atoms with Crippen LogP contribution in [-0.2, 0) is 16.0 Å². The summed E-state index contributed by atoms with van der Waals surface area (Å²) in [7, 11) is 0. The van der Waals surface area contributed by atoms with Crippen LogP contribution < -0.4 is 5.32 Å². The second-order valence-electron chi connectivity index (χ2n) is 8.17. The Morgan fingerprint density at radius 1 is 0.935 bits per heavy atom. The fourth-order valence-electron chi connectivity index (χ4n) is 4.35. The Balaban J connectivity index is 1.57. The van der Waals surface area contributed by atoms with Crippen molar-refractivity contribution < 1.29 is 24.6 Å². The summed E-state index contributed by atoms with van der Waals surface area (Å²) in [6, 6.07) is 13.8. The predicted octanol–water partition coefficient (Wildman–Crippen LogP) is 1.13. The van der Waals surface area contributed by atoms with E-state index in [1.165, 1.54) is 23.1 Å². The molecule has 2 aliphatic heterocycles. The summed E-state index contributed by atoms with van der Waals surface area (Å²) >= 11 is 0. The highest BCUT2D eigenvalue weighted by Gasteiger charge is 2.53. The Bertz CT molecular complexity index is 981. The number of aromatic hydroxyl groups is 2. The summed E-state index contributed by atoms with van der Waals surface area (Å²) in [5.74, 6) is -1.27. The van der Waals surface area contributed by atoms with Gasteiger partial charge in [-0.1, -0.05) is 36.4 Å². The van der Waals surface area contributed by atoms with Crippen molar-refractivity contribution in [1.29, 1.82) is 0 Å². The number of carbonyl (C=O) groups is 3. The van der Waals surface area contributed by atoms with Crippen LogP contribution in [0.25, 0.3) is 0 Å². The number of benzene rings is 2. The van der Waals surface area contributed by atoms with E-state index in [1.54, 1.807) is 4.90 Å². The van der Waals surface area contributed by atoms with Crippen molar-refractivity contribution in [3.8, 4) is 11.5 Å². The predicted molar refractivity (Wildman–Crippen MR) is 112 cm³/mol. The molecule has 162 valence electrons. The highest BCUT2D eigenvalue weighted by molar-refractivity contribution is 6.01. The van der Waals surface area contributed by atoms with Crippen LogP contribution in [0.1, 0.15) is 22.3 Å². The molecule has 0 aliphatic carbocycles. The fraction of sp³-hybridized carbons (Fsp3) is 0.348. The van der Waals surface area contributed by atoms with Crippen LogP contribution in [-0.4, -0.2) is 70.5 Å².